The first-order valence-electron chi connectivity index (χ1n) is 7.84. The molecule has 0 aliphatic rings. The predicted molar refractivity (Wildman–Crippen MR) is 94.9 cm³/mol. The zero-order chi connectivity index (χ0) is 17.6. The summed E-state index contributed by atoms with van der Waals surface area (Å²) >= 11 is 0. The van der Waals surface area contributed by atoms with E-state index in [1.165, 1.54) is 12.1 Å². The fourth-order valence-electron chi connectivity index (χ4n) is 2.90. The van der Waals surface area contributed by atoms with Crippen molar-refractivity contribution in [3.63, 3.8) is 0 Å². The van der Waals surface area contributed by atoms with Gasteiger partial charge >= 0.3 is 0 Å². The first-order chi connectivity index (χ1) is 12.0. The van der Waals surface area contributed by atoms with E-state index in [4.69, 9.17) is 0 Å². The van der Waals surface area contributed by atoms with Crippen molar-refractivity contribution in [1.82, 2.24) is 24.4 Å². The van der Waals surface area contributed by atoms with Crippen LogP contribution in [-0.4, -0.2) is 38.5 Å². The Bertz CT molecular complexity index is 1050. The van der Waals surface area contributed by atoms with Gasteiger partial charge in [-0.3, -0.25) is 4.68 Å². The van der Waals surface area contributed by atoms with Crippen LogP contribution in [0.25, 0.3) is 28.0 Å². The fourth-order valence-corrected chi connectivity index (χ4v) is 2.90. The van der Waals surface area contributed by atoms with Gasteiger partial charge in [-0.25, -0.2) is 9.37 Å². The summed E-state index contributed by atoms with van der Waals surface area (Å²) < 4.78 is 16.8. The standard InChI is InChI=1S/C18H17FN6/c1-23(2)16-10-20-18-14(8-9-21-25(16)18)15-11-24(3)22-17(15)12-4-6-13(19)7-5-12/h4-11H,1-3H3. The minimum Gasteiger partial charge on any atom is -0.361 e. The van der Waals surface area contributed by atoms with Gasteiger partial charge < -0.3 is 4.90 Å². The first kappa shape index (κ1) is 15.3. The van der Waals surface area contributed by atoms with Crippen LogP contribution in [0.15, 0.2) is 48.9 Å². The number of imidazole rings is 1. The Hall–Kier alpha value is -3.22. The molecular formula is C18H17FN6. The molecule has 6 nitrogen and oxygen atoms in total. The molecule has 0 unspecified atom stereocenters. The highest BCUT2D eigenvalue weighted by molar-refractivity contribution is 5.87. The molecule has 0 saturated carbocycles. The zero-order valence-electron chi connectivity index (χ0n) is 14.2. The molecule has 0 saturated heterocycles. The van der Waals surface area contributed by atoms with E-state index < -0.39 is 0 Å². The molecule has 0 aliphatic heterocycles. The summed E-state index contributed by atoms with van der Waals surface area (Å²) in [5, 5.41) is 8.97. The van der Waals surface area contributed by atoms with Gasteiger partial charge in [-0.05, 0) is 30.3 Å². The number of nitrogens with zero attached hydrogens (tertiary/aromatic N) is 6. The lowest BCUT2D eigenvalue weighted by Crippen LogP contribution is -2.12. The Morgan fingerprint density at radius 2 is 1.80 bits per heavy atom. The average molecular weight is 336 g/mol. The number of fused-ring (bicyclic) bond motifs is 1. The van der Waals surface area contributed by atoms with Crippen LogP contribution in [0, 0.1) is 5.82 Å². The third kappa shape index (κ3) is 2.53. The highest BCUT2D eigenvalue weighted by atomic mass is 19.1. The van der Waals surface area contributed by atoms with Gasteiger partial charge in [0.15, 0.2) is 11.5 Å². The van der Waals surface area contributed by atoms with Crippen LogP contribution in [-0.2, 0) is 7.05 Å². The van der Waals surface area contributed by atoms with Crippen molar-refractivity contribution in [2.24, 2.45) is 7.05 Å². The van der Waals surface area contributed by atoms with Gasteiger partial charge in [0.1, 0.15) is 11.5 Å². The van der Waals surface area contributed by atoms with E-state index in [2.05, 4.69) is 15.2 Å². The molecule has 3 aromatic heterocycles. The normalized spacial score (nSPS) is 11.2. The second-order valence-electron chi connectivity index (χ2n) is 6.06. The van der Waals surface area contributed by atoms with E-state index in [1.807, 2.05) is 38.3 Å². The molecule has 0 amide bonds. The van der Waals surface area contributed by atoms with Gasteiger partial charge in [0.05, 0.1) is 6.20 Å². The molecule has 0 bridgehead atoms. The summed E-state index contributed by atoms with van der Waals surface area (Å²) in [7, 11) is 5.77. The number of benzene rings is 1. The molecule has 0 N–H and O–H groups in total. The summed E-state index contributed by atoms with van der Waals surface area (Å²) in [4.78, 5) is 6.50. The summed E-state index contributed by atoms with van der Waals surface area (Å²) in [5.74, 6) is 0.625. The van der Waals surface area contributed by atoms with Gasteiger partial charge in [0, 0.05) is 50.2 Å². The number of aromatic nitrogens is 5. The van der Waals surface area contributed by atoms with Crippen molar-refractivity contribution in [2.75, 3.05) is 19.0 Å². The van der Waals surface area contributed by atoms with Crippen LogP contribution in [0.1, 0.15) is 0 Å². The monoisotopic (exact) mass is 336 g/mol. The van der Waals surface area contributed by atoms with E-state index in [-0.39, 0.29) is 5.82 Å². The molecule has 0 aliphatic carbocycles. The molecule has 4 rings (SSSR count). The number of halogens is 1. The minimum atomic E-state index is -0.267. The topological polar surface area (TPSA) is 51.2 Å². The van der Waals surface area contributed by atoms with Crippen molar-refractivity contribution in [3.8, 4) is 22.4 Å². The van der Waals surface area contributed by atoms with E-state index in [9.17, 15) is 4.39 Å². The smallest absolute Gasteiger partial charge is 0.163 e. The molecule has 0 spiro atoms. The molecule has 0 atom stereocenters. The predicted octanol–water partition coefficient (Wildman–Crippen LogP) is 3.00. The summed E-state index contributed by atoms with van der Waals surface area (Å²) in [5.41, 5.74) is 4.24. The van der Waals surface area contributed by atoms with Crippen LogP contribution >= 0.6 is 0 Å². The lowest BCUT2D eigenvalue weighted by molar-refractivity contribution is 0.628. The van der Waals surface area contributed by atoms with Gasteiger partial charge in [0.2, 0.25) is 0 Å². The van der Waals surface area contributed by atoms with E-state index >= 15 is 0 Å². The molecule has 1 aromatic carbocycles. The Labute approximate surface area is 144 Å². The Morgan fingerprint density at radius 1 is 1.04 bits per heavy atom. The maximum Gasteiger partial charge on any atom is 0.163 e. The third-order valence-corrected chi connectivity index (χ3v) is 4.08. The maximum atomic E-state index is 13.3. The quantitative estimate of drug-likeness (QED) is 0.577. The lowest BCUT2D eigenvalue weighted by atomic mass is 10.0. The molecule has 25 heavy (non-hydrogen) atoms. The number of anilines is 1. The number of hydrogen-bond donors (Lipinski definition) is 0. The molecule has 0 fully saturated rings. The van der Waals surface area contributed by atoms with E-state index in [1.54, 1.807) is 33.7 Å². The summed E-state index contributed by atoms with van der Waals surface area (Å²) in [6.45, 7) is 0. The molecule has 7 heteroatoms. The Balaban J connectivity index is 1.94. The van der Waals surface area contributed by atoms with Crippen molar-refractivity contribution in [1.29, 1.82) is 0 Å². The van der Waals surface area contributed by atoms with Crippen LogP contribution in [0.4, 0.5) is 10.2 Å². The number of aryl methyl sites for hydroxylation is 1. The third-order valence-electron chi connectivity index (χ3n) is 4.08. The van der Waals surface area contributed by atoms with Crippen molar-refractivity contribution < 1.29 is 4.39 Å². The minimum absolute atomic E-state index is 0.267. The Kier molecular flexibility index (Phi) is 3.49. The maximum absolute atomic E-state index is 13.3. The van der Waals surface area contributed by atoms with Crippen molar-refractivity contribution in [2.45, 2.75) is 0 Å². The van der Waals surface area contributed by atoms with Crippen LogP contribution in [0.3, 0.4) is 0 Å². The highest BCUT2D eigenvalue weighted by Gasteiger charge is 2.17. The molecule has 4 aromatic rings. The van der Waals surface area contributed by atoms with E-state index in [0.717, 1.165) is 33.8 Å². The first-order valence-corrected chi connectivity index (χ1v) is 7.84. The SMILES string of the molecule is CN(C)c1cnc2c(-c3cn(C)nc3-c3ccc(F)cc3)ccnn12. The van der Waals surface area contributed by atoms with Crippen molar-refractivity contribution >= 4 is 11.5 Å². The molecule has 3 heterocycles. The van der Waals surface area contributed by atoms with Crippen LogP contribution in [0.5, 0.6) is 0 Å². The number of hydrogen-bond acceptors (Lipinski definition) is 4. The van der Waals surface area contributed by atoms with Gasteiger partial charge in [-0.2, -0.15) is 14.7 Å². The van der Waals surface area contributed by atoms with E-state index in [0.29, 0.717) is 0 Å². The second-order valence-corrected chi connectivity index (χ2v) is 6.06. The van der Waals surface area contributed by atoms with Crippen LogP contribution < -0.4 is 4.90 Å². The number of rotatable bonds is 3. The summed E-state index contributed by atoms with van der Waals surface area (Å²) in [6, 6.07) is 8.27. The van der Waals surface area contributed by atoms with Gasteiger partial charge in [-0.1, -0.05) is 0 Å². The zero-order valence-corrected chi connectivity index (χ0v) is 14.2. The molecular weight excluding hydrogens is 319 g/mol. The lowest BCUT2D eigenvalue weighted by Gasteiger charge is -2.10. The second kappa shape index (κ2) is 5.70. The van der Waals surface area contributed by atoms with Gasteiger partial charge in [-0.15, -0.1) is 0 Å². The van der Waals surface area contributed by atoms with Gasteiger partial charge in [0.25, 0.3) is 0 Å². The average Bonchev–Trinajstić information content (AvgIpc) is 3.19. The largest absolute Gasteiger partial charge is 0.361 e. The highest BCUT2D eigenvalue weighted by Crippen LogP contribution is 2.33. The molecule has 126 valence electrons. The summed E-state index contributed by atoms with van der Waals surface area (Å²) in [6.07, 6.45) is 5.48. The van der Waals surface area contributed by atoms with Crippen molar-refractivity contribution in [3.05, 3.63) is 54.7 Å². The molecule has 0 radical (unpaired) electrons. The Morgan fingerprint density at radius 3 is 2.52 bits per heavy atom. The van der Waals surface area contributed by atoms with Crippen LogP contribution in [0.2, 0.25) is 0 Å². The fraction of sp³-hybridized carbons (Fsp3) is 0.167.